The van der Waals surface area contributed by atoms with E-state index < -0.39 is 11.3 Å². The summed E-state index contributed by atoms with van der Waals surface area (Å²) < 4.78 is 1.77. The van der Waals surface area contributed by atoms with Crippen molar-refractivity contribution in [3.63, 3.8) is 0 Å². The third-order valence-corrected chi connectivity index (χ3v) is 5.02. The number of carbonyl (C=O) groups is 1. The summed E-state index contributed by atoms with van der Waals surface area (Å²) in [5, 5.41) is 3.03. The Hall–Kier alpha value is -2.07. The number of para-hydroxylation sites is 1. The Morgan fingerprint density at radius 3 is 2.17 bits per heavy atom. The molecular weight excluding hydrogens is 324 g/mol. The van der Waals surface area contributed by atoms with Gasteiger partial charge in [0.25, 0.3) is 5.91 Å². The first-order valence-electron chi connectivity index (χ1n) is 8.11. The average molecular weight is 347 g/mol. The number of aromatic nitrogens is 1. The van der Waals surface area contributed by atoms with Crippen LogP contribution >= 0.6 is 11.6 Å². The van der Waals surface area contributed by atoms with Crippen molar-refractivity contribution in [3.8, 4) is 0 Å². The number of anilines is 1. The van der Waals surface area contributed by atoms with Crippen molar-refractivity contribution >= 4 is 23.2 Å². The molecule has 4 nitrogen and oxygen atoms in total. The van der Waals surface area contributed by atoms with E-state index >= 15 is 0 Å². The topological polar surface area (TPSA) is 51.1 Å². The maximum Gasteiger partial charge on any atom is 0.261 e. The van der Waals surface area contributed by atoms with Gasteiger partial charge in [-0.15, -0.1) is 0 Å². The largest absolute Gasteiger partial charge is 0.350 e. The SMILES string of the molecule is CCc1cccc(CC)c1NC(=O)c1c(C)n(C)c(C)c(Cl)c1=O. The highest BCUT2D eigenvalue weighted by molar-refractivity contribution is 6.31. The van der Waals surface area contributed by atoms with E-state index in [-0.39, 0.29) is 10.6 Å². The number of nitrogens with zero attached hydrogens (tertiary/aromatic N) is 1. The van der Waals surface area contributed by atoms with E-state index in [0.717, 1.165) is 29.7 Å². The summed E-state index contributed by atoms with van der Waals surface area (Å²) in [6, 6.07) is 5.96. The Kier molecular flexibility index (Phi) is 5.50. The first-order chi connectivity index (χ1) is 11.3. The standard InChI is InChI=1S/C19H23ClN2O2/c1-6-13-9-8-10-14(7-2)17(13)21-19(24)15-11(3)22(5)12(4)16(20)18(15)23/h8-10H,6-7H2,1-5H3,(H,21,24). The quantitative estimate of drug-likeness (QED) is 0.908. The molecule has 1 heterocycles. The summed E-state index contributed by atoms with van der Waals surface area (Å²) in [4.78, 5) is 25.3. The molecule has 1 N–H and O–H groups in total. The van der Waals surface area contributed by atoms with E-state index in [2.05, 4.69) is 5.32 Å². The van der Waals surface area contributed by atoms with Crippen molar-refractivity contribution in [2.45, 2.75) is 40.5 Å². The summed E-state index contributed by atoms with van der Waals surface area (Å²) in [6.07, 6.45) is 1.60. The predicted molar refractivity (Wildman–Crippen MR) is 99.3 cm³/mol. The molecular formula is C19H23ClN2O2. The zero-order valence-corrected chi connectivity index (χ0v) is 15.5. The van der Waals surface area contributed by atoms with Crippen LogP contribution in [-0.2, 0) is 19.9 Å². The summed E-state index contributed by atoms with van der Waals surface area (Å²) in [5.74, 6) is -0.411. The fraction of sp³-hybridized carbons (Fsp3) is 0.368. The van der Waals surface area contributed by atoms with E-state index in [0.29, 0.717) is 11.4 Å². The molecule has 0 bridgehead atoms. The molecule has 0 aliphatic heterocycles. The van der Waals surface area contributed by atoms with Gasteiger partial charge < -0.3 is 9.88 Å². The number of nitrogens with one attached hydrogen (secondary N) is 1. The van der Waals surface area contributed by atoms with Crippen LogP contribution in [0.5, 0.6) is 0 Å². The smallest absolute Gasteiger partial charge is 0.261 e. The molecule has 0 saturated heterocycles. The van der Waals surface area contributed by atoms with Gasteiger partial charge in [-0.2, -0.15) is 0 Å². The van der Waals surface area contributed by atoms with Gasteiger partial charge in [-0.25, -0.2) is 0 Å². The first kappa shape index (κ1) is 18.3. The van der Waals surface area contributed by atoms with Crippen LogP contribution in [0.15, 0.2) is 23.0 Å². The van der Waals surface area contributed by atoms with Gasteiger partial charge in [0.05, 0.1) is 0 Å². The molecule has 0 aliphatic carbocycles. The van der Waals surface area contributed by atoms with Crippen LogP contribution in [0.25, 0.3) is 0 Å². The lowest BCUT2D eigenvalue weighted by Gasteiger charge is -2.17. The van der Waals surface area contributed by atoms with Gasteiger partial charge in [0.2, 0.25) is 5.43 Å². The van der Waals surface area contributed by atoms with E-state index in [1.807, 2.05) is 32.0 Å². The van der Waals surface area contributed by atoms with Gasteiger partial charge in [0.1, 0.15) is 10.6 Å². The molecule has 0 saturated carbocycles. The summed E-state index contributed by atoms with van der Waals surface area (Å²) in [6.45, 7) is 7.60. The third-order valence-electron chi connectivity index (χ3n) is 4.58. The number of carbonyl (C=O) groups excluding carboxylic acids is 1. The Bertz CT molecular complexity index is 831. The van der Waals surface area contributed by atoms with Crippen LogP contribution in [0.4, 0.5) is 5.69 Å². The molecule has 1 aromatic carbocycles. The molecule has 0 aliphatic rings. The highest BCUT2D eigenvalue weighted by atomic mass is 35.5. The van der Waals surface area contributed by atoms with Crippen LogP contribution in [-0.4, -0.2) is 10.5 Å². The van der Waals surface area contributed by atoms with E-state index in [1.165, 1.54) is 0 Å². The van der Waals surface area contributed by atoms with Crippen LogP contribution in [0.1, 0.15) is 46.7 Å². The Labute approximate surface area is 147 Å². The average Bonchev–Trinajstić information content (AvgIpc) is 2.58. The molecule has 0 radical (unpaired) electrons. The van der Waals surface area contributed by atoms with Gasteiger partial charge in [-0.1, -0.05) is 43.6 Å². The molecule has 2 rings (SSSR count). The third kappa shape index (κ3) is 3.11. The minimum Gasteiger partial charge on any atom is -0.350 e. The number of hydrogen-bond acceptors (Lipinski definition) is 2. The van der Waals surface area contributed by atoms with Gasteiger partial charge in [-0.05, 0) is 37.8 Å². The number of benzene rings is 1. The molecule has 1 amide bonds. The van der Waals surface area contributed by atoms with Crippen molar-refractivity contribution in [2.24, 2.45) is 7.05 Å². The number of hydrogen-bond donors (Lipinski definition) is 1. The van der Waals surface area contributed by atoms with Crippen LogP contribution in [0.3, 0.4) is 0 Å². The number of amides is 1. The molecule has 2 aromatic rings. The molecule has 24 heavy (non-hydrogen) atoms. The highest BCUT2D eigenvalue weighted by Crippen LogP contribution is 2.24. The molecule has 128 valence electrons. The monoisotopic (exact) mass is 346 g/mol. The zero-order valence-electron chi connectivity index (χ0n) is 14.8. The van der Waals surface area contributed by atoms with Crippen molar-refractivity contribution in [2.75, 3.05) is 5.32 Å². The van der Waals surface area contributed by atoms with E-state index in [1.54, 1.807) is 25.5 Å². The lowest BCUT2D eigenvalue weighted by Crippen LogP contribution is -2.28. The fourth-order valence-electron chi connectivity index (χ4n) is 2.85. The van der Waals surface area contributed by atoms with Gasteiger partial charge >= 0.3 is 0 Å². The van der Waals surface area contributed by atoms with Crippen molar-refractivity contribution in [1.82, 2.24) is 4.57 Å². The predicted octanol–water partition coefficient (Wildman–Crippen LogP) is 4.03. The number of aryl methyl sites for hydroxylation is 2. The summed E-state index contributed by atoms with van der Waals surface area (Å²) in [5.41, 5.74) is 3.83. The number of halogens is 1. The molecule has 5 heteroatoms. The second kappa shape index (κ2) is 7.22. The zero-order chi connectivity index (χ0) is 18.0. The molecule has 0 unspecified atom stereocenters. The first-order valence-corrected chi connectivity index (χ1v) is 8.48. The number of pyridine rings is 1. The van der Waals surface area contributed by atoms with Crippen molar-refractivity contribution < 1.29 is 4.79 Å². The Morgan fingerprint density at radius 1 is 1.12 bits per heavy atom. The van der Waals surface area contributed by atoms with Gasteiger partial charge in [0.15, 0.2) is 0 Å². The van der Waals surface area contributed by atoms with E-state index in [4.69, 9.17) is 11.6 Å². The van der Waals surface area contributed by atoms with Crippen LogP contribution in [0, 0.1) is 13.8 Å². The second-order valence-corrected chi connectivity index (χ2v) is 6.24. The number of rotatable bonds is 4. The lowest BCUT2D eigenvalue weighted by molar-refractivity contribution is 0.102. The van der Waals surface area contributed by atoms with E-state index in [9.17, 15) is 9.59 Å². The maximum absolute atomic E-state index is 12.8. The van der Waals surface area contributed by atoms with Gasteiger partial charge in [-0.3, -0.25) is 9.59 Å². The van der Waals surface area contributed by atoms with Crippen LogP contribution < -0.4 is 10.7 Å². The van der Waals surface area contributed by atoms with Crippen LogP contribution in [0.2, 0.25) is 5.02 Å². The fourth-order valence-corrected chi connectivity index (χ4v) is 3.07. The van der Waals surface area contributed by atoms with Gasteiger partial charge in [0, 0.05) is 24.1 Å². The minimum atomic E-state index is -0.422. The Balaban J connectivity index is 2.56. The lowest BCUT2D eigenvalue weighted by atomic mass is 10.0. The molecule has 0 atom stereocenters. The minimum absolute atomic E-state index is 0.0905. The highest BCUT2D eigenvalue weighted by Gasteiger charge is 2.21. The maximum atomic E-state index is 12.8. The summed E-state index contributed by atoms with van der Waals surface area (Å²) in [7, 11) is 1.80. The molecule has 0 fully saturated rings. The Morgan fingerprint density at radius 2 is 1.67 bits per heavy atom. The van der Waals surface area contributed by atoms with Crippen molar-refractivity contribution in [1.29, 1.82) is 0 Å². The summed E-state index contributed by atoms with van der Waals surface area (Å²) >= 11 is 6.11. The molecule has 0 spiro atoms. The normalized spacial score (nSPS) is 10.8. The van der Waals surface area contributed by atoms with Crippen molar-refractivity contribution in [3.05, 3.63) is 61.5 Å². The second-order valence-electron chi connectivity index (χ2n) is 5.86. The molecule has 1 aromatic heterocycles.